The molecule has 1 aliphatic heterocycles. The first-order chi connectivity index (χ1) is 14.3. The number of pyridine rings is 1. The van der Waals surface area contributed by atoms with Gasteiger partial charge in [-0.3, -0.25) is 24.5 Å². The van der Waals surface area contributed by atoms with Crippen LogP contribution in [0.15, 0.2) is 65.6 Å². The molecule has 30 heavy (non-hydrogen) atoms. The lowest BCUT2D eigenvalue weighted by Crippen LogP contribution is -2.40. The average Bonchev–Trinajstić information content (AvgIpc) is 3.33. The van der Waals surface area contributed by atoms with E-state index in [0.29, 0.717) is 26.2 Å². The number of halogens is 2. The minimum Gasteiger partial charge on any atom is -0.348 e. The summed E-state index contributed by atoms with van der Waals surface area (Å²) in [5.74, 6) is -0.769. The first-order valence-electron chi connectivity index (χ1n) is 9.03. The van der Waals surface area contributed by atoms with Gasteiger partial charge in [0, 0.05) is 17.8 Å². The maximum absolute atomic E-state index is 14.8. The average molecular weight is 446 g/mol. The van der Waals surface area contributed by atoms with Gasteiger partial charge in [0.05, 0.1) is 27.1 Å². The zero-order chi connectivity index (χ0) is 21.3. The fraction of sp³-hybridized carbons (Fsp3) is 0.143. The summed E-state index contributed by atoms with van der Waals surface area (Å²) in [4.78, 5) is 30.2. The summed E-state index contributed by atoms with van der Waals surface area (Å²) < 4.78 is 16.7. The normalized spacial score (nSPS) is 18.0. The van der Waals surface area contributed by atoms with Crippen LogP contribution in [0.5, 0.6) is 0 Å². The Morgan fingerprint density at radius 3 is 2.83 bits per heavy atom. The molecule has 2 aromatic heterocycles. The van der Waals surface area contributed by atoms with E-state index in [1.54, 1.807) is 55.6 Å². The molecule has 154 valence electrons. The Hall–Kier alpha value is -2.94. The van der Waals surface area contributed by atoms with E-state index in [-0.39, 0.29) is 18.0 Å². The van der Waals surface area contributed by atoms with Crippen molar-refractivity contribution in [3.05, 3.63) is 91.8 Å². The van der Waals surface area contributed by atoms with Gasteiger partial charge in [-0.2, -0.15) is 0 Å². The molecule has 6 nitrogen and oxygen atoms in total. The molecule has 0 spiro atoms. The third-order valence-corrected chi connectivity index (χ3v) is 5.81. The summed E-state index contributed by atoms with van der Waals surface area (Å²) in [7, 11) is 0. The molecule has 1 aromatic carbocycles. The van der Waals surface area contributed by atoms with Gasteiger partial charge in [0.15, 0.2) is 0 Å². The van der Waals surface area contributed by atoms with Crippen molar-refractivity contribution in [2.45, 2.75) is 12.5 Å². The molecule has 3 heterocycles. The molecule has 0 fully saturated rings. The van der Waals surface area contributed by atoms with Crippen LogP contribution in [0.25, 0.3) is 11.4 Å². The number of nitrogens with zero attached hydrogens (tertiary/aromatic N) is 1. The second kappa shape index (κ2) is 8.06. The lowest BCUT2D eigenvalue weighted by molar-refractivity contribution is -0.0195. The van der Waals surface area contributed by atoms with Gasteiger partial charge in [-0.05, 0) is 49.4 Å². The highest BCUT2D eigenvalue weighted by Crippen LogP contribution is 2.28. The van der Waals surface area contributed by atoms with Crippen molar-refractivity contribution in [2.75, 3.05) is 6.54 Å². The number of amides is 1. The van der Waals surface area contributed by atoms with E-state index in [1.165, 1.54) is 28.0 Å². The number of hydrogen-bond acceptors (Lipinski definition) is 5. The van der Waals surface area contributed by atoms with E-state index in [2.05, 4.69) is 10.8 Å². The molecule has 0 bridgehead atoms. The van der Waals surface area contributed by atoms with Crippen LogP contribution in [0.3, 0.4) is 0 Å². The second-order valence-electron chi connectivity index (χ2n) is 6.93. The third-order valence-electron chi connectivity index (χ3n) is 4.58. The molecule has 9 heteroatoms. The Morgan fingerprint density at radius 2 is 2.13 bits per heavy atom. The Balaban J connectivity index is 1.50. The van der Waals surface area contributed by atoms with Gasteiger partial charge < -0.3 is 5.32 Å². The summed E-state index contributed by atoms with van der Waals surface area (Å²) in [5, 5.41) is 2.79. The SMILES string of the molecule is CC1(CNC(=O)c2ccc(Cl)s2)C=C(c2ccc(-n3ccccc3=O)cc2F)NO1. The molecule has 2 N–H and O–H groups in total. The van der Waals surface area contributed by atoms with Crippen molar-refractivity contribution in [1.29, 1.82) is 0 Å². The van der Waals surface area contributed by atoms with Crippen molar-refractivity contribution in [2.24, 2.45) is 0 Å². The van der Waals surface area contributed by atoms with Crippen LogP contribution in [-0.4, -0.2) is 22.6 Å². The topological polar surface area (TPSA) is 72.4 Å². The zero-order valence-corrected chi connectivity index (χ0v) is 17.4. The monoisotopic (exact) mass is 445 g/mol. The Morgan fingerprint density at radius 1 is 1.30 bits per heavy atom. The molecule has 0 saturated heterocycles. The fourth-order valence-electron chi connectivity index (χ4n) is 3.05. The fourth-order valence-corrected chi connectivity index (χ4v) is 4.01. The van der Waals surface area contributed by atoms with Gasteiger partial charge in [-0.25, -0.2) is 4.39 Å². The van der Waals surface area contributed by atoms with Crippen molar-refractivity contribution >= 4 is 34.5 Å². The van der Waals surface area contributed by atoms with E-state index < -0.39 is 11.4 Å². The van der Waals surface area contributed by atoms with Gasteiger partial charge in [-0.15, -0.1) is 11.3 Å². The van der Waals surface area contributed by atoms with Crippen LogP contribution < -0.4 is 16.4 Å². The zero-order valence-electron chi connectivity index (χ0n) is 15.8. The smallest absolute Gasteiger partial charge is 0.261 e. The molecule has 4 rings (SSSR count). The number of carbonyl (C=O) groups is 1. The molecule has 0 saturated carbocycles. The Kier molecular flexibility index (Phi) is 5.46. The summed E-state index contributed by atoms with van der Waals surface area (Å²) >= 11 is 7.04. The van der Waals surface area contributed by atoms with Crippen molar-refractivity contribution < 1.29 is 14.0 Å². The largest absolute Gasteiger partial charge is 0.348 e. The first kappa shape index (κ1) is 20.3. The van der Waals surface area contributed by atoms with E-state index in [4.69, 9.17) is 16.4 Å². The minimum absolute atomic E-state index is 0.178. The molecule has 0 radical (unpaired) electrons. The molecule has 3 aromatic rings. The number of hydrogen-bond donors (Lipinski definition) is 2. The van der Waals surface area contributed by atoms with E-state index >= 15 is 0 Å². The number of carbonyl (C=O) groups excluding carboxylic acids is 1. The highest BCUT2D eigenvalue weighted by Gasteiger charge is 2.32. The summed E-state index contributed by atoms with van der Waals surface area (Å²) in [5.41, 5.74) is 2.77. The number of thiophene rings is 1. The second-order valence-corrected chi connectivity index (χ2v) is 8.65. The maximum atomic E-state index is 14.8. The van der Waals surface area contributed by atoms with Crippen LogP contribution >= 0.6 is 22.9 Å². The lowest BCUT2D eigenvalue weighted by atomic mass is 10.0. The van der Waals surface area contributed by atoms with Crippen molar-refractivity contribution in [3.8, 4) is 5.69 Å². The van der Waals surface area contributed by atoms with Crippen molar-refractivity contribution in [3.63, 3.8) is 0 Å². The number of nitrogens with one attached hydrogen (secondary N) is 2. The Labute approximate surface area is 180 Å². The van der Waals surface area contributed by atoms with E-state index in [0.717, 1.165) is 0 Å². The van der Waals surface area contributed by atoms with Crippen LogP contribution in [-0.2, 0) is 4.84 Å². The molecule has 1 aliphatic rings. The van der Waals surface area contributed by atoms with Crippen molar-refractivity contribution in [1.82, 2.24) is 15.4 Å². The first-order valence-corrected chi connectivity index (χ1v) is 10.2. The number of aromatic nitrogens is 1. The number of benzene rings is 1. The predicted molar refractivity (Wildman–Crippen MR) is 114 cm³/mol. The highest BCUT2D eigenvalue weighted by molar-refractivity contribution is 7.18. The molecular weight excluding hydrogens is 429 g/mol. The van der Waals surface area contributed by atoms with E-state index in [1.807, 2.05) is 0 Å². The van der Waals surface area contributed by atoms with Crippen LogP contribution in [0.1, 0.15) is 22.2 Å². The molecular formula is C21H17ClFN3O3S. The summed E-state index contributed by atoms with van der Waals surface area (Å²) in [6, 6.07) is 12.6. The summed E-state index contributed by atoms with van der Waals surface area (Å²) in [6.45, 7) is 1.95. The van der Waals surface area contributed by atoms with Crippen LogP contribution in [0.4, 0.5) is 4.39 Å². The standard InChI is InChI=1S/C21H17ClFN3O3S/c1-21(12-24-20(28)17-7-8-18(22)30-17)11-16(25-29-21)14-6-5-13(10-15(14)23)26-9-3-2-4-19(26)27/h2-11,25H,12H2,1H3,(H,24,28). The van der Waals surface area contributed by atoms with Gasteiger partial charge >= 0.3 is 0 Å². The van der Waals surface area contributed by atoms with Gasteiger partial charge in [-0.1, -0.05) is 17.7 Å². The predicted octanol–water partition coefficient (Wildman–Crippen LogP) is 3.76. The van der Waals surface area contributed by atoms with Gasteiger partial charge in [0.2, 0.25) is 0 Å². The molecule has 1 unspecified atom stereocenters. The van der Waals surface area contributed by atoms with Gasteiger partial charge in [0.25, 0.3) is 11.5 Å². The third kappa shape index (κ3) is 4.16. The van der Waals surface area contributed by atoms with Gasteiger partial charge in [0.1, 0.15) is 11.4 Å². The lowest BCUT2D eigenvalue weighted by Gasteiger charge is -2.20. The number of rotatable bonds is 5. The van der Waals surface area contributed by atoms with Crippen LogP contribution in [0.2, 0.25) is 4.34 Å². The molecule has 1 atom stereocenters. The minimum atomic E-state index is -0.868. The van der Waals surface area contributed by atoms with Crippen LogP contribution in [0, 0.1) is 5.82 Å². The molecule has 0 aliphatic carbocycles. The Bertz CT molecular complexity index is 1210. The highest BCUT2D eigenvalue weighted by atomic mass is 35.5. The number of hydroxylamine groups is 1. The summed E-state index contributed by atoms with van der Waals surface area (Å²) in [6.07, 6.45) is 3.29. The maximum Gasteiger partial charge on any atom is 0.261 e. The molecule has 1 amide bonds. The van der Waals surface area contributed by atoms with E-state index in [9.17, 15) is 14.0 Å². The quantitative estimate of drug-likeness (QED) is 0.627.